The number of benzene rings is 1. The summed E-state index contributed by atoms with van der Waals surface area (Å²) in [5.74, 6) is 0.822. The van der Waals surface area contributed by atoms with Crippen molar-refractivity contribution in [2.45, 2.75) is 19.8 Å². The largest absolute Gasteiger partial charge is 0.371 e. The molecule has 2 N–H and O–H groups in total. The fourth-order valence-electron chi connectivity index (χ4n) is 3.41. The van der Waals surface area contributed by atoms with Crippen molar-refractivity contribution in [3.63, 3.8) is 0 Å². The molecule has 4 nitrogen and oxygen atoms in total. The first-order valence-electron chi connectivity index (χ1n) is 8.07. The van der Waals surface area contributed by atoms with E-state index in [0.29, 0.717) is 5.92 Å². The summed E-state index contributed by atoms with van der Waals surface area (Å²) in [4.78, 5) is 14.5. The van der Waals surface area contributed by atoms with E-state index in [0.717, 1.165) is 45.6 Å². The molecule has 1 saturated heterocycles. The average molecular weight is 287 g/mol. The molecule has 1 amide bonds. The lowest BCUT2D eigenvalue weighted by Gasteiger charge is -2.20. The number of hydrogen-bond acceptors (Lipinski definition) is 3. The third-order valence-corrected chi connectivity index (χ3v) is 4.74. The van der Waals surface area contributed by atoms with Crippen molar-refractivity contribution >= 4 is 11.6 Å². The van der Waals surface area contributed by atoms with Crippen LogP contribution >= 0.6 is 0 Å². The fourth-order valence-corrected chi connectivity index (χ4v) is 3.41. The van der Waals surface area contributed by atoms with Crippen molar-refractivity contribution in [1.82, 2.24) is 10.6 Å². The molecule has 2 atom stereocenters. The van der Waals surface area contributed by atoms with Gasteiger partial charge in [-0.3, -0.25) is 4.79 Å². The molecule has 114 valence electrons. The van der Waals surface area contributed by atoms with Crippen molar-refractivity contribution in [2.24, 2.45) is 11.8 Å². The number of rotatable bonds is 5. The van der Waals surface area contributed by atoms with Gasteiger partial charge in [0, 0.05) is 31.9 Å². The van der Waals surface area contributed by atoms with Gasteiger partial charge in [-0.15, -0.1) is 0 Å². The molecular weight excluding hydrogens is 262 g/mol. The number of amides is 1. The molecule has 2 aliphatic heterocycles. The van der Waals surface area contributed by atoms with Gasteiger partial charge in [-0.1, -0.05) is 25.1 Å². The maximum atomic E-state index is 12.1. The Balaban J connectivity index is 1.40. The van der Waals surface area contributed by atoms with Gasteiger partial charge in [-0.05, 0) is 36.9 Å². The standard InChI is InChI=1S/C17H25N3O/c1-13-11-18-12-15(13)17(21)19-8-4-9-20-10-7-14-5-2-3-6-16(14)20/h2-3,5-6,13,15,18H,4,7-12H2,1H3,(H,19,21). The Hall–Kier alpha value is -1.55. The van der Waals surface area contributed by atoms with E-state index in [1.54, 1.807) is 0 Å². The molecule has 0 aliphatic carbocycles. The van der Waals surface area contributed by atoms with Crippen LogP contribution in [-0.2, 0) is 11.2 Å². The van der Waals surface area contributed by atoms with Gasteiger partial charge in [0.05, 0.1) is 5.92 Å². The molecule has 0 radical (unpaired) electrons. The van der Waals surface area contributed by atoms with Crippen molar-refractivity contribution in [2.75, 3.05) is 37.6 Å². The summed E-state index contributed by atoms with van der Waals surface area (Å²) in [5.41, 5.74) is 2.82. The van der Waals surface area contributed by atoms with E-state index in [1.165, 1.54) is 11.3 Å². The van der Waals surface area contributed by atoms with E-state index in [2.05, 4.69) is 46.7 Å². The number of para-hydroxylation sites is 1. The van der Waals surface area contributed by atoms with Crippen LogP contribution in [0.4, 0.5) is 5.69 Å². The molecule has 0 bridgehead atoms. The van der Waals surface area contributed by atoms with Gasteiger partial charge >= 0.3 is 0 Å². The van der Waals surface area contributed by atoms with E-state index in [1.807, 2.05) is 0 Å². The molecule has 1 fully saturated rings. The van der Waals surface area contributed by atoms with E-state index < -0.39 is 0 Å². The lowest BCUT2D eigenvalue weighted by atomic mass is 9.97. The number of anilines is 1. The molecule has 1 aromatic rings. The van der Waals surface area contributed by atoms with Crippen molar-refractivity contribution in [3.05, 3.63) is 29.8 Å². The third kappa shape index (κ3) is 3.21. The van der Waals surface area contributed by atoms with Crippen LogP contribution in [-0.4, -0.2) is 38.6 Å². The van der Waals surface area contributed by atoms with Crippen LogP contribution in [0.1, 0.15) is 18.9 Å². The van der Waals surface area contributed by atoms with Crippen LogP contribution in [0, 0.1) is 11.8 Å². The van der Waals surface area contributed by atoms with E-state index in [4.69, 9.17) is 0 Å². The molecule has 1 aromatic carbocycles. The second kappa shape index (κ2) is 6.48. The van der Waals surface area contributed by atoms with Crippen molar-refractivity contribution in [3.8, 4) is 0 Å². The lowest BCUT2D eigenvalue weighted by Crippen LogP contribution is -2.36. The Morgan fingerprint density at radius 1 is 1.38 bits per heavy atom. The van der Waals surface area contributed by atoms with Gasteiger partial charge in [-0.2, -0.15) is 0 Å². The topological polar surface area (TPSA) is 44.4 Å². The lowest BCUT2D eigenvalue weighted by molar-refractivity contribution is -0.125. The van der Waals surface area contributed by atoms with Gasteiger partial charge in [0.25, 0.3) is 0 Å². The molecule has 0 aromatic heterocycles. The highest BCUT2D eigenvalue weighted by atomic mass is 16.1. The van der Waals surface area contributed by atoms with Crippen LogP contribution in [0.5, 0.6) is 0 Å². The normalized spacial score (nSPS) is 24.1. The molecule has 2 heterocycles. The molecule has 0 spiro atoms. The second-order valence-electron chi connectivity index (χ2n) is 6.25. The van der Waals surface area contributed by atoms with Gasteiger partial charge in [-0.25, -0.2) is 0 Å². The minimum Gasteiger partial charge on any atom is -0.371 e. The monoisotopic (exact) mass is 287 g/mol. The predicted octanol–water partition coefficient (Wildman–Crippen LogP) is 1.41. The van der Waals surface area contributed by atoms with Gasteiger partial charge < -0.3 is 15.5 Å². The fraction of sp³-hybridized carbons (Fsp3) is 0.588. The van der Waals surface area contributed by atoms with Crippen LogP contribution in [0.15, 0.2) is 24.3 Å². The van der Waals surface area contributed by atoms with Crippen LogP contribution in [0.25, 0.3) is 0 Å². The minimum atomic E-state index is 0.150. The van der Waals surface area contributed by atoms with E-state index in [9.17, 15) is 4.79 Å². The third-order valence-electron chi connectivity index (χ3n) is 4.74. The Bertz CT molecular complexity index is 503. The molecule has 21 heavy (non-hydrogen) atoms. The SMILES string of the molecule is CC1CNCC1C(=O)NCCCN1CCc2ccccc21. The zero-order valence-electron chi connectivity index (χ0n) is 12.8. The first-order valence-corrected chi connectivity index (χ1v) is 8.07. The molecule has 0 saturated carbocycles. The number of carbonyl (C=O) groups excluding carboxylic acids is 1. The quantitative estimate of drug-likeness (QED) is 0.805. The second-order valence-corrected chi connectivity index (χ2v) is 6.25. The van der Waals surface area contributed by atoms with Crippen LogP contribution < -0.4 is 15.5 Å². The maximum absolute atomic E-state index is 12.1. The predicted molar refractivity (Wildman–Crippen MR) is 85.5 cm³/mol. The summed E-state index contributed by atoms with van der Waals surface area (Å²) in [6, 6.07) is 8.63. The number of hydrogen-bond donors (Lipinski definition) is 2. The highest BCUT2D eigenvalue weighted by molar-refractivity contribution is 5.79. The first-order chi connectivity index (χ1) is 10.3. The molecular formula is C17H25N3O. The highest BCUT2D eigenvalue weighted by Crippen LogP contribution is 2.27. The van der Waals surface area contributed by atoms with Gasteiger partial charge in [0.2, 0.25) is 5.91 Å². The minimum absolute atomic E-state index is 0.150. The van der Waals surface area contributed by atoms with Crippen LogP contribution in [0.3, 0.4) is 0 Å². The summed E-state index contributed by atoms with van der Waals surface area (Å²) >= 11 is 0. The smallest absolute Gasteiger partial charge is 0.224 e. The number of carbonyl (C=O) groups is 1. The zero-order valence-corrected chi connectivity index (χ0v) is 12.8. The number of nitrogens with zero attached hydrogens (tertiary/aromatic N) is 1. The highest BCUT2D eigenvalue weighted by Gasteiger charge is 2.29. The average Bonchev–Trinajstić information content (AvgIpc) is 3.10. The molecule has 2 unspecified atom stereocenters. The summed E-state index contributed by atoms with van der Waals surface area (Å²) in [6.07, 6.45) is 2.16. The van der Waals surface area contributed by atoms with Gasteiger partial charge in [0.1, 0.15) is 0 Å². The Labute approximate surface area is 126 Å². The van der Waals surface area contributed by atoms with Gasteiger partial charge in [0.15, 0.2) is 0 Å². The summed E-state index contributed by atoms with van der Waals surface area (Å²) in [6.45, 7) is 6.84. The molecule has 4 heteroatoms. The first kappa shape index (κ1) is 14.4. The summed E-state index contributed by atoms with van der Waals surface area (Å²) in [5, 5.41) is 6.38. The van der Waals surface area contributed by atoms with Crippen molar-refractivity contribution in [1.29, 1.82) is 0 Å². The Kier molecular flexibility index (Phi) is 4.44. The van der Waals surface area contributed by atoms with Crippen molar-refractivity contribution < 1.29 is 4.79 Å². The summed E-state index contributed by atoms with van der Waals surface area (Å²) < 4.78 is 0. The van der Waals surface area contributed by atoms with E-state index >= 15 is 0 Å². The Morgan fingerprint density at radius 3 is 3.05 bits per heavy atom. The maximum Gasteiger partial charge on any atom is 0.224 e. The van der Waals surface area contributed by atoms with Crippen LogP contribution in [0.2, 0.25) is 0 Å². The summed E-state index contributed by atoms with van der Waals surface area (Å²) in [7, 11) is 0. The number of nitrogens with one attached hydrogen (secondary N) is 2. The van der Waals surface area contributed by atoms with E-state index in [-0.39, 0.29) is 11.8 Å². The molecule has 2 aliphatic rings. The molecule has 3 rings (SSSR count). The Morgan fingerprint density at radius 2 is 2.24 bits per heavy atom. The zero-order chi connectivity index (χ0) is 14.7. The number of fused-ring (bicyclic) bond motifs is 1.